The fraction of sp³-hybridized carbons (Fsp3) is 0.267. The Kier molecular flexibility index (Phi) is 7.77. The summed E-state index contributed by atoms with van der Waals surface area (Å²) >= 11 is 9.90. The zero-order chi connectivity index (χ0) is 26.8. The average Bonchev–Trinajstić information content (AvgIpc) is 3.19. The van der Waals surface area contributed by atoms with E-state index in [0.717, 1.165) is 29.3 Å². The van der Waals surface area contributed by atoms with Gasteiger partial charge >= 0.3 is 0 Å². The molecule has 3 aromatic carbocycles. The summed E-state index contributed by atoms with van der Waals surface area (Å²) in [6.45, 7) is 2.92. The highest BCUT2D eigenvalue weighted by Gasteiger charge is 2.43. The molecule has 0 fully saturated rings. The van der Waals surface area contributed by atoms with Crippen LogP contribution in [0.25, 0.3) is 11.0 Å². The van der Waals surface area contributed by atoms with Gasteiger partial charge in [-0.15, -0.1) is 0 Å². The number of rotatable bonds is 9. The van der Waals surface area contributed by atoms with Gasteiger partial charge in [0.1, 0.15) is 5.58 Å². The van der Waals surface area contributed by atoms with Crippen LogP contribution >= 0.6 is 27.5 Å². The topological polar surface area (TPSA) is 69.0 Å². The van der Waals surface area contributed by atoms with Crippen molar-refractivity contribution in [2.75, 3.05) is 13.7 Å². The van der Waals surface area contributed by atoms with Crippen molar-refractivity contribution >= 4 is 44.4 Å². The minimum absolute atomic E-state index is 0.0423. The van der Waals surface area contributed by atoms with Crippen LogP contribution in [0.3, 0.4) is 0 Å². The van der Waals surface area contributed by atoms with E-state index in [1.165, 1.54) is 0 Å². The number of benzene rings is 3. The van der Waals surface area contributed by atoms with Crippen molar-refractivity contribution < 1.29 is 18.7 Å². The molecule has 1 aliphatic heterocycles. The number of ether oxygens (including phenoxy) is 2. The van der Waals surface area contributed by atoms with Gasteiger partial charge in [-0.1, -0.05) is 71.6 Å². The summed E-state index contributed by atoms with van der Waals surface area (Å²) in [5.74, 6) is 0.820. The molecule has 1 atom stereocenters. The van der Waals surface area contributed by atoms with Crippen molar-refractivity contribution in [3.05, 3.63) is 103 Å². The molecule has 196 valence electrons. The van der Waals surface area contributed by atoms with Crippen molar-refractivity contribution in [2.24, 2.45) is 0 Å². The number of fused-ring (bicyclic) bond motifs is 2. The van der Waals surface area contributed by atoms with E-state index in [1.807, 2.05) is 36.4 Å². The van der Waals surface area contributed by atoms with E-state index in [1.54, 1.807) is 36.3 Å². The summed E-state index contributed by atoms with van der Waals surface area (Å²) in [4.78, 5) is 29.2. The molecule has 4 aromatic rings. The summed E-state index contributed by atoms with van der Waals surface area (Å²) in [5, 5.41) is 0.940. The second-order valence-corrected chi connectivity index (χ2v) is 10.5. The van der Waals surface area contributed by atoms with Crippen LogP contribution in [-0.4, -0.2) is 24.5 Å². The predicted molar refractivity (Wildman–Crippen MR) is 151 cm³/mol. The monoisotopic (exact) mass is 595 g/mol. The molecule has 2 heterocycles. The Labute approximate surface area is 234 Å². The van der Waals surface area contributed by atoms with Crippen LogP contribution in [0.1, 0.15) is 59.5 Å². The van der Waals surface area contributed by atoms with Crippen LogP contribution < -0.4 is 14.9 Å². The molecule has 1 amide bonds. The Morgan fingerprint density at radius 2 is 1.84 bits per heavy atom. The smallest absolute Gasteiger partial charge is 0.291 e. The molecule has 8 heteroatoms. The molecule has 0 bridgehead atoms. The lowest BCUT2D eigenvalue weighted by Gasteiger charge is -2.26. The maximum atomic E-state index is 13.8. The van der Waals surface area contributed by atoms with Gasteiger partial charge in [0, 0.05) is 16.0 Å². The molecule has 38 heavy (non-hydrogen) atoms. The molecule has 1 unspecified atom stereocenters. The molecule has 0 saturated heterocycles. The number of carbonyl (C=O) groups excluding carboxylic acids is 1. The molecule has 5 rings (SSSR count). The zero-order valence-electron chi connectivity index (χ0n) is 21.1. The van der Waals surface area contributed by atoms with E-state index in [-0.39, 0.29) is 23.6 Å². The van der Waals surface area contributed by atoms with Crippen molar-refractivity contribution in [3.8, 4) is 11.5 Å². The first-order valence-corrected chi connectivity index (χ1v) is 13.7. The minimum Gasteiger partial charge on any atom is -0.493 e. The summed E-state index contributed by atoms with van der Waals surface area (Å²) in [6, 6.07) is 17.4. The number of carbonyl (C=O) groups is 1. The molecule has 1 aromatic heterocycles. The number of nitrogens with zero attached hydrogens (tertiary/aromatic N) is 1. The first-order chi connectivity index (χ1) is 18.4. The minimum atomic E-state index is -0.698. The summed E-state index contributed by atoms with van der Waals surface area (Å²) in [7, 11) is 1.58. The second-order valence-electron chi connectivity index (χ2n) is 9.21. The number of halogens is 2. The number of unbranched alkanes of at least 4 members (excludes halogenated alkanes) is 2. The predicted octanol–water partition coefficient (Wildman–Crippen LogP) is 7.53. The van der Waals surface area contributed by atoms with Crippen molar-refractivity contribution in [1.82, 2.24) is 4.90 Å². The van der Waals surface area contributed by atoms with Crippen LogP contribution in [0.15, 0.2) is 74.3 Å². The Morgan fingerprint density at radius 3 is 2.61 bits per heavy atom. The number of amides is 1. The van der Waals surface area contributed by atoms with E-state index >= 15 is 0 Å². The first-order valence-electron chi connectivity index (χ1n) is 12.5. The second kappa shape index (κ2) is 11.2. The quantitative estimate of drug-likeness (QED) is 0.187. The Hall–Kier alpha value is -3.29. The van der Waals surface area contributed by atoms with E-state index in [9.17, 15) is 9.59 Å². The maximum Gasteiger partial charge on any atom is 0.291 e. The van der Waals surface area contributed by atoms with Crippen LogP contribution in [0.5, 0.6) is 11.5 Å². The fourth-order valence-electron chi connectivity index (χ4n) is 4.82. The normalized spacial score (nSPS) is 14.7. The largest absolute Gasteiger partial charge is 0.493 e. The Bertz CT molecular complexity index is 1570. The van der Waals surface area contributed by atoms with E-state index in [4.69, 9.17) is 25.5 Å². The zero-order valence-corrected chi connectivity index (χ0v) is 23.5. The molecule has 1 aliphatic rings. The van der Waals surface area contributed by atoms with Crippen LogP contribution in [0.4, 0.5) is 0 Å². The average molecular weight is 597 g/mol. The molecule has 0 saturated carbocycles. The van der Waals surface area contributed by atoms with Crippen molar-refractivity contribution in [2.45, 2.75) is 38.8 Å². The third-order valence-electron chi connectivity index (χ3n) is 6.74. The fourth-order valence-corrected chi connectivity index (χ4v) is 5.38. The number of hydrogen-bond donors (Lipinski definition) is 0. The summed E-state index contributed by atoms with van der Waals surface area (Å²) < 4.78 is 18.4. The highest BCUT2D eigenvalue weighted by Crippen LogP contribution is 2.42. The van der Waals surface area contributed by atoms with Crippen LogP contribution in [0.2, 0.25) is 5.02 Å². The molecule has 0 aliphatic carbocycles. The van der Waals surface area contributed by atoms with Crippen LogP contribution in [0, 0.1) is 0 Å². The number of methoxy groups -OCH3 is 1. The highest BCUT2D eigenvalue weighted by atomic mass is 79.9. The first kappa shape index (κ1) is 26.3. The Morgan fingerprint density at radius 1 is 1.03 bits per heavy atom. The van der Waals surface area contributed by atoms with Gasteiger partial charge in [0.05, 0.1) is 30.7 Å². The van der Waals surface area contributed by atoms with E-state index in [0.29, 0.717) is 45.2 Å². The van der Waals surface area contributed by atoms with Gasteiger partial charge in [0.2, 0.25) is 5.76 Å². The van der Waals surface area contributed by atoms with Gasteiger partial charge in [-0.05, 0) is 53.9 Å². The van der Waals surface area contributed by atoms with Gasteiger partial charge in [0.15, 0.2) is 16.9 Å². The molecule has 0 N–H and O–H groups in total. The lowest BCUT2D eigenvalue weighted by Crippen LogP contribution is -2.29. The molecular weight excluding hydrogens is 570 g/mol. The summed E-state index contributed by atoms with van der Waals surface area (Å²) in [6.07, 6.45) is 3.13. The highest BCUT2D eigenvalue weighted by molar-refractivity contribution is 9.10. The van der Waals surface area contributed by atoms with Gasteiger partial charge < -0.3 is 18.8 Å². The van der Waals surface area contributed by atoms with E-state index < -0.39 is 6.04 Å². The standard InChI is InChI=1S/C30H27BrClNO5/c1-3-4-7-14-37-24-12-10-18(15-25(24)36-2)27-26-28(34)21-16-20(31)11-13-23(21)38-29(26)30(35)33(27)17-19-8-5-6-9-22(19)32/h5-6,8-13,15-16,27H,3-4,7,14,17H2,1-2H3. The third-order valence-corrected chi connectivity index (χ3v) is 7.60. The molecule has 0 spiro atoms. The SMILES string of the molecule is CCCCCOc1ccc(C2c3c(oc4ccc(Br)cc4c3=O)C(=O)N2Cc2ccccc2Cl)cc1OC. The van der Waals surface area contributed by atoms with E-state index in [2.05, 4.69) is 22.9 Å². The maximum absolute atomic E-state index is 13.8. The van der Waals surface area contributed by atoms with Gasteiger partial charge in [-0.3, -0.25) is 9.59 Å². The summed E-state index contributed by atoms with van der Waals surface area (Å²) in [5.41, 5.74) is 1.89. The van der Waals surface area contributed by atoms with Gasteiger partial charge in [-0.25, -0.2) is 0 Å². The van der Waals surface area contributed by atoms with Crippen LogP contribution in [-0.2, 0) is 6.54 Å². The lowest BCUT2D eigenvalue weighted by molar-refractivity contribution is 0.0714. The van der Waals surface area contributed by atoms with Crippen molar-refractivity contribution in [1.29, 1.82) is 0 Å². The molecular formula is C30H27BrClNO5. The van der Waals surface area contributed by atoms with Crippen molar-refractivity contribution in [3.63, 3.8) is 0 Å². The lowest BCUT2D eigenvalue weighted by atomic mass is 9.97. The third kappa shape index (κ3) is 4.93. The van der Waals surface area contributed by atoms with Gasteiger partial charge in [-0.2, -0.15) is 0 Å². The number of hydrogen-bond acceptors (Lipinski definition) is 5. The molecule has 6 nitrogen and oxygen atoms in total. The molecule has 0 radical (unpaired) electrons. The van der Waals surface area contributed by atoms with Gasteiger partial charge in [0.25, 0.3) is 5.91 Å². The Balaban J connectivity index is 1.64.